The predicted molar refractivity (Wildman–Crippen MR) is 283 cm³/mol. The first kappa shape index (κ1) is 19.2. The lowest BCUT2D eigenvalue weighted by Gasteiger charge is -2.46. The van der Waals surface area contributed by atoms with Crippen LogP contribution in [0.15, 0.2) is 181 Å². The molecule has 0 saturated heterocycles. The molecule has 0 radical (unpaired) electrons. The molecule has 0 bridgehead atoms. The van der Waals surface area contributed by atoms with Crippen LogP contribution in [0.2, 0.25) is 0 Å². The number of nitrogens with zero attached hydrogens (tertiary/aromatic N) is 4. The average Bonchev–Trinajstić information content (AvgIpc) is 1.08. The summed E-state index contributed by atoms with van der Waals surface area (Å²) < 4.78 is 291. The van der Waals surface area contributed by atoms with Crippen LogP contribution in [0.4, 0.5) is 51.2 Å². The lowest BCUT2D eigenvalue weighted by Crippen LogP contribution is -2.61. The van der Waals surface area contributed by atoms with E-state index in [0.29, 0.717) is 4.90 Å². The van der Waals surface area contributed by atoms with Gasteiger partial charge in [0.05, 0.1) is 74.9 Å². The van der Waals surface area contributed by atoms with Crippen molar-refractivity contribution in [3.63, 3.8) is 0 Å². The van der Waals surface area contributed by atoms with E-state index in [-0.39, 0.29) is 33.0 Å². The maximum atomic E-state index is 11.0. The molecule has 5 heteroatoms. The van der Waals surface area contributed by atoms with E-state index in [1.165, 1.54) is 6.92 Å². The summed E-state index contributed by atoms with van der Waals surface area (Å²) in [6, 6.07) is -26.0. The van der Waals surface area contributed by atoms with E-state index in [9.17, 15) is 35.6 Å². The SMILES string of the molecule is [2H]c1c([2H])c2c3c(c1[2H])-n1c4c([2H])c([2H])c([2H])c([2H])c4c4c([2H])c([2H])c([2H])c(c41)N3c1c([2H])c(C)c([2H])c3c1B2c1c([2H])c([2H])c(N(c2c([2H])c([2H])c(C(C)(C)C)c([2H])c2[2H])c2c([2H])c([2H])c(C(C)(C)C)c([2H])c2[2H])c([2H])c1N3c1c([2H])c([2H])c([2H])c2c([2H])c([2H])c([2H])c([2H])c12. The number of para-hydroxylation sites is 3. The van der Waals surface area contributed by atoms with Gasteiger partial charge in [0.15, 0.2) is 0 Å². The Hall–Kier alpha value is -7.50. The first-order valence-electron chi connectivity index (χ1n) is 36.0. The van der Waals surface area contributed by atoms with Gasteiger partial charge in [0.25, 0.3) is 6.71 Å². The fraction of sp³-hybridized carbons (Fsp3) is 0.148. The number of anilines is 9. The summed E-state index contributed by atoms with van der Waals surface area (Å²) in [6.07, 6.45) is 0. The van der Waals surface area contributed by atoms with Gasteiger partial charge in [-0.3, -0.25) is 0 Å². The molecule has 10 aromatic rings. The summed E-state index contributed by atoms with van der Waals surface area (Å²) in [7, 11) is 0. The maximum Gasteiger partial charge on any atom is 0.252 e. The predicted octanol–water partition coefficient (Wildman–Crippen LogP) is 14.7. The van der Waals surface area contributed by atoms with Gasteiger partial charge in [0.1, 0.15) is 0 Å². The number of hydrogen-bond acceptors (Lipinski definition) is 3. The van der Waals surface area contributed by atoms with Gasteiger partial charge in [0.2, 0.25) is 0 Å². The van der Waals surface area contributed by atoms with Crippen molar-refractivity contribution in [2.45, 2.75) is 59.3 Å². The molecule has 0 atom stereocenters. The van der Waals surface area contributed by atoms with Crippen LogP contribution in [-0.4, -0.2) is 11.3 Å². The maximum absolute atomic E-state index is 11.0. The van der Waals surface area contributed by atoms with Crippen LogP contribution in [0.25, 0.3) is 38.3 Å². The zero-order valence-corrected chi connectivity index (χ0v) is 36.4. The third kappa shape index (κ3) is 5.52. The quantitative estimate of drug-likeness (QED) is 0.164. The minimum absolute atomic E-state index is 0.150. The Morgan fingerprint density at radius 1 is 0.455 bits per heavy atom. The zero-order valence-electron chi connectivity index (χ0n) is 66.4. The van der Waals surface area contributed by atoms with Crippen molar-refractivity contribution in [1.29, 1.82) is 0 Å². The van der Waals surface area contributed by atoms with Crippen molar-refractivity contribution in [2.24, 2.45) is 0 Å². The van der Waals surface area contributed by atoms with Crippen molar-refractivity contribution < 1.29 is 41.1 Å². The third-order valence-electron chi connectivity index (χ3n) is 12.1. The molecule has 1 aromatic heterocycles. The second-order valence-corrected chi connectivity index (χ2v) is 18.3. The van der Waals surface area contributed by atoms with Gasteiger partial charge in [-0.25, -0.2) is 0 Å². The number of hydrogen-bond donors (Lipinski definition) is 0. The van der Waals surface area contributed by atoms with Crippen molar-refractivity contribution in [3.05, 3.63) is 198 Å². The highest BCUT2D eigenvalue weighted by atomic mass is 15.2. The van der Waals surface area contributed by atoms with Crippen molar-refractivity contribution >= 4 is 107 Å². The van der Waals surface area contributed by atoms with E-state index < -0.39 is 288 Å². The van der Waals surface area contributed by atoms with E-state index in [1.54, 1.807) is 41.5 Å². The summed E-state index contributed by atoms with van der Waals surface area (Å²) in [4.78, 5) is 2.58. The van der Waals surface area contributed by atoms with E-state index in [2.05, 4.69) is 0 Å². The number of aromatic nitrogens is 1. The van der Waals surface area contributed by atoms with Crippen LogP contribution in [-0.2, 0) is 10.8 Å². The van der Waals surface area contributed by atoms with Crippen molar-refractivity contribution in [2.75, 3.05) is 14.7 Å². The molecule has 66 heavy (non-hydrogen) atoms. The van der Waals surface area contributed by atoms with Crippen LogP contribution >= 0.6 is 0 Å². The second kappa shape index (κ2) is 13.8. The molecule has 3 aliphatic rings. The van der Waals surface area contributed by atoms with Crippen LogP contribution < -0.4 is 31.1 Å². The highest BCUT2D eigenvalue weighted by Crippen LogP contribution is 2.53. The Labute approximate surface area is 430 Å². The van der Waals surface area contributed by atoms with Crippen molar-refractivity contribution in [1.82, 2.24) is 4.57 Å². The largest absolute Gasteiger partial charge is 0.311 e. The minimum atomic E-state index is -2.04. The first-order valence-corrected chi connectivity index (χ1v) is 21.0. The molecule has 13 rings (SSSR count). The smallest absolute Gasteiger partial charge is 0.252 e. The van der Waals surface area contributed by atoms with Gasteiger partial charge in [0, 0.05) is 50.3 Å². The molecule has 0 saturated carbocycles. The normalized spacial score (nSPS) is 20.0. The van der Waals surface area contributed by atoms with Gasteiger partial charge in [-0.1, -0.05) is 150 Å². The summed E-state index contributed by atoms with van der Waals surface area (Å²) in [5, 5.41) is -2.14. The van der Waals surface area contributed by atoms with E-state index in [4.69, 9.17) is 5.48 Å². The molecule has 0 unspecified atom stereocenters. The van der Waals surface area contributed by atoms with Gasteiger partial charge >= 0.3 is 0 Å². The Morgan fingerprint density at radius 2 is 1.02 bits per heavy atom. The van der Waals surface area contributed by atoms with E-state index in [1.807, 2.05) is 0 Å². The standard InChI is InChI=1S/C61H51BN4/c1-38-35-55-57-56(36-38)66-52-23-13-19-47-46-18-10-11-21-51(46)65(58(47)52)53-24-14-20-49(59(53)66)62(57)48-34-33-44(37-54(48)64(55)50-22-12-16-39-15-8-9-17-45(39)50)63(42-29-25-40(26-30-42)60(2,3)4)43-31-27-41(28-32-43)61(5,6)7/h8-37H,1-7H3/i8D,9D,10D,11D,12D,13D,14D,15D,16D,17D,18D,19D,20D,21D,22D,23D,24D,25D,26D,27D,28D,29D,30D,31D,32D,33D,34D,35D,36D,37D. The molecular formula is C61H51BN4. The molecular weight excluding hydrogens is 800 g/mol. The Balaban J connectivity index is 1.33. The molecule has 4 nitrogen and oxygen atoms in total. The van der Waals surface area contributed by atoms with E-state index >= 15 is 0 Å². The number of benzene rings is 9. The summed E-state index contributed by atoms with van der Waals surface area (Å²) >= 11 is 0. The fourth-order valence-electron chi connectivity index (χ4n) is 9.09. The van der Waals surface area contributed by atoms with Crippen LogP contribution in [0.3, 0.4) is 0 Å². The first-order chi connectivity index (χ1) is 44.5. The van der Waals surface area contributed by atoms with Gasteiger partial charge in [-0.15, -0.1) is 0 Å². The molecule has 318 valence electrons. The summed E-state index contributed by atoms with van der Waals surface area (Å²) in [5.74, 6) is 0. The van der Waals surface area contributed by atoms with Crippen LogP contribution in [0, 0.1) is 6.92 Å². The van der Waals surface area contributed by atoms with Gasteiger partial charge in [-0.05, 0) is 129 Å². The minimum Gasteiger partial charge on any atom is -0.311 e. The van der Waals surface area contributed by atoms with Crippen LogP contribution in [0.1, 0.15) is 99.4 Å². The zero-order chi connectivity index (χ0) is 70.9. The highest BCUT2D eigenvalue weighted by molar-refractivity contribution is 7.00. The molecule has 0 N–H and O–H groups in total. The molecule has 4 heterocycles. The summed E-state index contributed by atoms with van der Waals surface area (Å²) in [6.45, 7) is 8.84. The lowest BCUT2D eigenvalue weighted by molar-refractivity contribution is 0.590. The Kier molecular flexibility index (Phi) is 3.99. The van der Waals surface area contributed by atoms with Gasteiger partial charge in [-0.2, -0.15) is 0 Å². The number of rotatable bonds is 4. The Bertz CT molecular complexity index is 5290. The fourth-order valence-corrected chi connectivity index (χ4v) is 9.09. The monoisotopic (exact) mass is 881 g/mol. The molecule has 0 fully saturated rings. The van der Waals surface area contributed by atoms with Gasteiger partial charge < -0.3 is 19.3 Å². The van der Waals surface area contributed by atoms with Crippen LogP contribution in [0.5, 0.6) is 0 Å². The molecule has 9 aromatic carbocycles. The number of fused-ring (bicyclic) bond motifs is 10. The molecule has 0 spiro atoms. The second-order valence-electron chi connectivity index (χ2n) is 18.3. The Morgan fingerprint density at radius 3 is 1.73 bits per heavy atom. The highest BCUT2D eigenvalue weighted by Gasteiger charge is 2.46. The van der Waals surface area contributed by atoms with E-state index in [0.717, 1.165) is 14.4 Å². The molecule has 3 aliphatic heterocycles. The lowest BCUT2D eigenvalue weighted by atomic mass is 9.33. The summed E-state index contributed by atoms with van der Waals surface area (Å²) in [5.41, 5.74) is -12.1. The topological polar surface area (TPSA) is 14.7 Å². The van der Waals surface area contributed by atoms with Crippen molar-refractivity contribution in [3.8, 4) is 5.69 Å². The average molecular weight is 881 g/mol. The third-order valence-corrected chi connectivity index (χ3v) is 12.1. The molecule has 0 amide bonds. The molecule has 0 aliphatic carbocycles.